The molecule has 0 unspecified atom stereocenters. The van der Waals surface area contributed by atoms with E-state index in [-0.39, 0.29) is 0 Å². The van der Waals surface area contributed by atoms with Crippen molar-refractivity contribution < 1.29 is 0 Å². The lowest BCUT2D eigenvalue weighted by molar-refractivity contribution is 1.37. The third-order valence-corrected chi connectivity index (χ3v) is 6.92. The average Bonchev–Trinajstić information content (AvgIpc) is 2.91. The fraction of sp³-hybridized carbons (Fsp3) is 0. The monoisotopic (exact) mass is 431 g/mol. The van der Waals surface area contributed by atoms with E-state index in [9.17, 15) is 0 Å². The summed E-state index contributed by atoms with van der Waals surface area (Å²) in [6, 6.07) is 41.5. The van der Waals surface area contributed by atoms with Crippen molar-refractivity contribution in [3.8, 4) is 22.3 Å². The highest BCUT2D eigenvalue weighted by Crippen LogP contribution is 2.45. The van der Waals surface area contributed by atoms with Gasteiger partial charge in [-0.25, -0.2) is 0 Å². The van der Waals surface area contributed by atoms with E-state index >= 15 is 0 Å². The Morgan fingerprint density at radius 3 is 1.91 bits per heavy atom. The van der Waals surface area contributed by atoms with Crippen LogP contribution in [0.4, 0.5) is 0 Å². The van der Waals surface area contributed by atoms with Gasteiger partial charge in [-0.3, -0.25) is 4.98 Å². The van der Waals surface area contributed by atoms with E-state index < -0.39 is 0 Å². The second kappa shape index (κ2) is 7.54. The molecule has 0 saturated heterocycles. The summed E-state index contributed by atoms with van der Waals surface area (Å²) < 4.78 is 0. The number of hydrogen-bond donors (Lipinski definition) is 0. The predicted octanol–water partition coefficient (Wildman–Crippen LogP) is 9.03. The van der Waals surface area contributed by atoms with Crippen molar-refractivity contribution >= 4 is 43.1 Å². The Bertz CT molecular complexity index is 1800. The molecule has 0 aliphatic carbocycles. The van der Waals surface area contributed by atoms with E-state index in [1.165, 1.54) is 65.3 Å². The summed E-state index contributed by atoms with van der Waals surface area (Å²) in [7, 11) is 0. The fourth-order valence-electron chi connectivity index (χ4n) is 5.41. The highest BCUT2D eigenvalue weighted by Gasteiger charge is 2.18. The van der Waals surface area contributed by atoms with Crippen LogP contribution in [-0.2, 0) is 0 Å². The van der Waals surface area contributed by atoms with Crippen LogP contribution in [0.3, 0.4) is 0 Å². The first-order valence-electron chi connectivity index (χ1n) is 11.6. The first-order chi connectivity index (χ1) is 16.9. The minimum atomic E-state index is 1.18. The van der Waals surface area contributed by atoms with Gasteiger partial charge in [-0.1, -0.05) is 103 Å². The first-order valence-corrected chi connectivity index (χ1v) is 11.6. The zero-order valence-electron chi connectivity index (χ0n) is 18.6. The van der Waals surface area contributed by atoms with Crippen molar-refractivity contribution in [1.29, 1.82) is 0 Å². The Kier molecular flexibility index (Phi) is 4.22. The van der Waals surface area contributed by atoms with Gasteiger partial charge in [0.05, 0.1) is 0 Å². The lowest BCUT2D eigenvalue weighted by atomic mass is 9.85. The molecule has 0 aliphatic heterocycles. The molecule has 0 atom stereocenters. The van der Waals surface area contributed by atoms with Crippen LogP contribution in [0.5, 0.6) is 0 Å². The van der Waals surface area contributed by atoms with Crippen LogP contribution in [0, 0.1) is 0 Å². The second-order valence-electron chi connectivity index (χ2n) is 8.81. The molecule has 0 saturated carbocycles. The van der Waals surface area contributed by atoms with Crippen LogP contribution in [0.25, 0.3) is 65.3 Å². The standard InChI is InChI=1S/C33H21N/c1-2-10-24-20-25(17-16-22(24)8-1)32-28-13-5-6-14-29(28)33(31-21-34-19-18-30(31)32)27-15-7-11-23-9-3-4-12-26(23)27/h1-21H. The molecule has 1 nitrogen and oxygen atoms in total. The first kappa shape index (κ1) is 19.0. The SMILES string of the molecule is c1ccc2cc(-c3c4ccccc4c(-c4cccc5ccccc45)c4cnccc34)ccc2c1. The third kappa shape index (κ3) is 2.84. The van der Waals surface area contributed by atoms with Crippen LogP contribution in [-0.4, -0.2) is 4.98 Å². The van der Waals surface area contributed by atoms with Gasteiger partial charge in [0.25, 0.3) is 0 Å². The largest absolute Gasteiger partial charge is 0.264 e. The maximum Gasteiger partial charge on any atom is 0.0353 e. The van der Waals surface area contributed by atoms with Gasteiger partial charge in [0.15, 0.2) is 0 Å². The van der Waals surface area contributed by atoms with E-state index in [0.717, 1.165) is 0 Å². The third-order valence-electron chi connectivity index (χ3n) is 6.92. The van der Waals surface area contributed by atoms with Crippen molar-refractivity contribution in [2.75, 3.05) is 0 Å². The zero-order chi connectivity index (χ0) is 22.5. The minimum Gasteiger partial charge on any atom is -0.264 e. The summed E-state index contributed by atoms with van der Waals surface area (Å²) in [6.45, 7) is 0. The Labute approximate surface area is 197 Å². The van der Waals surface area contributed by atoms with Crippen LogP contribution in [0.2, 0.25) is 0 Å². The van der Waals surface area contributed by atoms with Gasteiger partial charge in [-0.15, -0.1) is 0 Å². The molecule has 6 aromatic carbocycles. The molecule has 158 valence electrons. The van der Waals surface area contributed by atoms with Gasteiger partial charge in [-0.2, -0.15) is 0 Å². The van der Waals surface area contributed by atoms with E-state index in [4.69, 9.17) is 0 Å². The van der Waals surface area contributed by atoms with E-state index in [0.29, 0.717) is 0 Å². The van der Waals surface area contributed by atoms with Gasteiger partial charge in [0.1, 0.15) is 0 Å². The molecule has 0 fully saturated rings. The highest BCUT2D eigenvalue weighted by molar-refractivity contribution is 6.23. The molecule has 0 amide bonds. The van der Waals surface area contributed by atoms with Crippen molar-refractivity contribution in [1.82, 2.24) is 4.98 Å². The summed E-state index contributed by atoms with van der Waals surface area (Å²) >= 11 is 0. The molecule has 7 aromatic rings. The van der Waals surface area contributed by atoms with Crippen molar-refractivity contribution in [2.45, 2.75) is 0 Å². The molecule has 0 spiro atoms. The number of benzene rings is 6. The van der Waals surface area contributed by atoms with Crippen LogP contribution in [0.1, 0.15) is 0 Å². The van der Waals surface area contributed by atoms with Crippen LogP contribution in [0.15, 0.2) is 128 Å². The Morgan fingerprint density at radius 1 is 0.412 bits per heavy atom. The zero-order valence-corrected chi connectivity index (χ0v) is 18.6. The summed E-state index contributed by atoms with van der Waals surface area (Å²) in [5, 5.41) is 9.95. The molecule has 0 bridgehead atoms. The maximum absolute atomic E-state index is 4.57. The molecule has 0 radical (unpaired) electrons. The normalized spacial score (nSPS) is 11.5. The summed E-state index contributed by atoms with van der Waals surface area (Å²) in [6.07, 6.45) is 3.94. The summed E-state index contributed by atoms with van der Waals surface area (Å²) in [4.78, 5) is 4.57. The Hall–Kier alpha value is -4.49. The minimum absolute atomic E-state index is 1.18. The molecule has 34 heavy (non-hydrogen) atoms. The van der Waals surface area contributed by atoms with Crippen molar-refractivity contribution in [3.63, 3.8) is 0 Å². The lowest BCUT2D eigenvalue weighted by Crippen LogP contribution is -1.92. The van der Waals surface area contributed by atoms with Gasteiger partial charge in [-0.05, 0) is 72.1 Å². The predicted molar refractivity (Wildman–Crippen MR) is 145 cm³/mol. The number of fused-ring (bicyclic) bond motifs is 4. The van der Waals surface area contributed by atoms with Crippen LogP contribution >= 0.6 is 0 Å². The Morgan fingerprint density at radius 2 is 1.06 bits per heavy atom. The molecule has 1 heterocycles. The fourth-order valence-corrected chi connectivity index (χ4v) is 5.41. The van der Waals surface area contributed by atoms with Gasteiger partial charge >= 0.3 is 0 Å². The average molecular weight is 432 g/mol. The number of rotatable bonds is 2. The molecule has 0 aliphatic rings. The quantitative estimate of drug-likeness (QED) is 0.249. The summed E-state index contributed by atoms with van der Waals surface area (Å²) in [5.74, 6) is 0. The van der Waals surface area contributed by atoms with E-state index in [1.807, 2.05) is 12.4 Å². The van der Waals surface area contributed by atoms with Gasteiger partial charge in [0, 0.05) is 17.8 Å². The number of pyridine rings is 1. The number of nitrogens with zero attached hydrogens (tertiary/aromatic N) is 1. The molecule has 7 rings (SSSR count). The molecule has 0 N–H and O–H groups in total. The lowest BCUT2D eigenvalue weighted by Gasteiger charge is -2.18. The molecule has 1 aromatic heterocycles. The summed E-state index contributed by atoms with van der Waals surface area (Å²) in [5.41, 5.74) is 5.00. The van der Waals surface area contributed by atoms with Gasteiger partial charge in [0.2, 0.25) is 0 Å². The van der Waals surface area contributed by atoms with Gasteiger partial charge < -0.3 is 0 Å². The van der Waals surface area contributed by atoms with Crippen molar-refractivity contribution in [3.05, 3.63) is 128 Å². The molecular weight excluding hydrogens is 410 g/mol. The van der Waals surface area contributed by atoms with Crippen LogP contribution < -0.4 is 0 Å². The van der Waals surface area contributed by atoms with E-state index in [1.54, 1.807) is 0 Å². The van der Waals surface area contributed by atoms with Crippen molar-refractivity contribution in [2.24, 2.45) is 0 Å². The maximum atomic E-state index is 4.57. The highest BCUT2D eigenvalue weighted by atomic mass is 14.6. The smallest absolute Gasteiger partial charge is 0.0353 e. The molecule has 1 heteroatoms. The number of hydrogen-bond acceptors (Lipinski definition) is 1. The number of aromatic nitrogens is 1. The van der Waals surface area contributed by atoms with E-state index in [2.05, 4.69) is 120 Å². The topological polar surface area (TPSA) is 12.9 Å². The second-order valence-corrected chi connectivity index (χ2v) is 8.81. The molecular formula is C33H21N. The Balaban J connectivity index is 1.66.